The molecule has 0 unspecified atom stereocenters. The second kappa shape index (κ2) is 8.39. The van der Waals surface area contributed by atoms with Crippen LogP contribution in [0.5, 0.6) is 0 Å². The van der Waals surface area contributed by atoms with E-state index in [0.29, 0.717) is 37.3 Å². The minimum Gasteiger partial charge on any atom is -0.444 e. The number of pyridine rings is 1. The maximum absolute atomic E-state index is 13.4. The molecule has 0 radical (unpaired) electrons. The first-order valence-electron chi connectivity index (χ1n) is 8.66. The van der Waals surface area contributed by atoms with Gasteiger partial charge in [-0.3, -0.25) is 9.50 Å². The molecule has 0 spiro atoms. The smallest absolute Gasteiger partial charge is 0.413 e. The van der Waals surface area contributed by atoms with E-state index < -0.39 is 28.0 Å². The molecule has 8 nitrogen and oxygen atoms in total. The van der Waals surface area contributed by atoms with Crippen molar-refractivity contribution in [2.75, 3.05) is 29.6 Å². The van der Waals surface area contributed by atoms with Crippen molar-refractivity contribution in [1.82, 2.24) is 4.98 Å². The van der Waals surface area contributed by atoms with Crippen LogP contribution in [0.2, 0.25) is 0 Å². The van der Waals surface area contributed by atoms with Crippen LogP contribution in [0.25, 0.3) is 0 Å². The molecule has 27 heavy (non-hydrogen) atoms. The summed E-state index contributed by atoms with van der Waals surface area (Å²) in [6, 6.07) is 3.32. The highest BCUT2D eigenvalue weighted by Gasteiger charge is 2.21. The van der Waals surface area contributed by atoms with E-state index in [1.54, 1.807) is 32.9 Å². The van der Waals surface area contributed by atoms with Crippen molar-refractivity contribution in [1.29, 1.82) is 0 Å². The van der Waals surface area contributed by atoms with Crippen LogP contribution >= 0.6 is 0 Å². The molecule has 0 atom stereocenters. The average Bonchev–Trinajstić information content (AvgIpc) is 2.51. The van der Waals surface area contributed by atoms with Gasteiger partial charge in [-0.15, -0.1) is 0 Å². The van der Waals surface area contributed by atoms with E-state index in [9.17, 15) is 17.6 Å². The van der Waals surface area contributed by atoms with Crippen molar-refractivity contribution < 1.29 is 26.5 Å². The summed E-state index contributed by atoms with van der Waals surface area (Å²) in [7, 11) is -3.64. The molecule has 1 saturated heterocycles. The van der Waals surface area contributed by atoms with Gasteiger partial charge in [0, 0.05) is 24.8 Å². The number of piperidine rings is 1. The number of alkyl halides is 1. The average molecular weight is 403 g/mol. The van der Waals surface area contributed by atoms with Crippen LogP contribution in [0.4, 0.5) is 20.7 Å². The van der Waals surface area contributed by atoms with E-state index in [0.717, 1.165) is 6.26 Å². The maximum atomic E-state index is 13.4. The lowest BCUT2D eigenvalue weighted by atomic mass is 10.1. The largest absolute Gasteiger partial charge is 0.444 e. The Morgan fingerprint density at radius 3 is 2.52 bits per heavy atom. The van der Waals surface area contributed by atoms with E-state index in [1.807, 2.05) is 4.90 Å². The number of hydrogen-bond acceptors (Lipinski definition) is 7. The molecule has 0 aromatic carbocycles. The summed E-state index contributed by atoms with van der Waals surface area (Å²) in [6.07, 6.45) is 0.265. The molecule has 1 aliphatic rings. The fourth-order valence-corrected chi connectivity index (χ4v) is 2.91. The Morgan fingerprint density at radius 1 is 1.33 bits per heavy atom. The molecule has 0 saturated carbocycles. The lowest BCUT2D eigenvalue weighted by Crippen LogP contribution is -2.34. The van der Waals surface area contributed by atoms with Gasteiger partial charge in [-0.05, 0) is 39.7 Å². The second-order valence-electron chi connectivity index (χ2n) is 7.46. The highest BCUT2D eigenvalue weighted by atomic mass is 32.2. The highest BCUT2D eigenvalue weighted by Crippen LogP contribution is 2.25. The number of amides is 1. The molecular weight excluding hydrogens is 377 g/mol. The number of carbonyl (C=O) groups excluding carboxylic acids is 1. The minimum atomic E-state index is -3.64. The Balaban J connectivity index is 2.23. The predicted octanol–water partition coefficient (Wildman–Crippen LogP) is 2.84. The standard InChI is InChI=1S/C17H26FN3O5S/c1-17(2,3)26-16(22)20-15-10-14(21-7-5-12(18)6-8-21)9-13(19-15)11-25-27(4,23)24/h9-10,12H,5-8,11H2,1-4H3,(H,19,20,22). The molecule has 0 aliphatic carbocycles. The fraction of sp³-hybridized carbons (Fsp3) is 0.647. The Morgan fingerprint density at radius 2 is 1.96 bits per heavy atom. The van der Waals surface area contributed by atoms with Crippen molar-refractivity contribution in [3.05, 3.63) is 17.8 Å². The number of carbonyl (C=O) groups is 1. The summed E-state index contributed by atoms with van der Waals surface area (Å²) >= 11 is 0. The first kappa shape index (κ1) is 21.4. The summed E-state index contributed by atoms with van der Waals surface area (Å²) in [4.78, 5) is 18.2. The minimum absolute atomic E-state index is 0.205. The van der Waals surface area contributed by atoms with E-state index in [4.69, 9.17) is 8.92 Å². The third-order valence-corrected chi connectivity index (χ3v) is 4.25. The number of rotatable bonds is 5. The van der Waals surface area contributed by atoms with Gasteiger partial charge in [0.05, 0.1) is 11.9 Å². The molecule has 152 valence electrons. The molecule has 0 bridgehead atoms. The molecule has 1 fully saturated rings. The van der Waals surface area contributed by atoms with Gasteiger partial charge in [-0.2, -0.15) is 8.42 Å². The van der Waals surface area contributed by atoms with E-state index >= 15 is 0 Å². The zero-order valence-electron chi connectivity index (χ0n) is 16.0. The molecule has 10 heteroatoms. The van der Waals surface area contributed by atoms with Gasteiger partial charge in [0.1, 0.15) is 24.2 Å². The number of halogens is 1. The SMILES string of the molecule is CC(C)(C)OC(=O)Nc1cc(N2CCC(F)CC2)cc(COS(C)(=O)=O)n1. The van der Waals surface area contributed by atoms with Gasteiger partial charge in [0.2, 0.25) is 0 Å². The molecular formula is C17H26FN3O5S. The lowest BCUT2D eigenvalue weighted by molar-refractivity contribution is 0.0635. The Kier molecular flexibility index (Phi) is 6.63. The maximum Gasteiger partial charge on any atom is 0.413 e. The second-order valence-corrected chi connectivity index (χ2v) is 9.10. The fourth-order valence-electron chi connectivity index (χ4n) is 2.57. The van der Waals surface area contributed by atoms with Crippen LogP contribution < -0.4 is 10.2 Å². The summed E-state index contributed by atoms with van der Waals surface area (Å²) in [5.74, 6) is 0.205. The zero-order chi connectivity index (χ0) is 20.2. The zero-order valence-corrected chi connectivity index (χ0v) is 16.8. The normalized spacial score (nSPS) is 16.3. The van der Waals surface area contributed by atoms with Crippen LogP contribution in [-0.4, -0.2) is 50.6 Å². The number of nitrogens with zero attached hydrogens (tertiary/aromatic N) is 2. The van der Waals surface area contributed by atoms with E-state index in [2.05, 4.69) is 10.3 Å². The number of anilines is 2. The lowest BCUT2D eigenvalue weighted by Gasteiger charge is -2.31. The van der Waals surface area contributed by atoms with Gasteiger partial charge >= 0.3 is 6.09 Å². The van der Waals surface area contributed by atoms with Crippen LogP contribution in [-0.2, 0) is 25.6 Å². The molecule has 1 aromatic heterocycles. The first-order valence-corrected chi connectivity index (χ1v) is 10.5. The van der Waals surface area contributed by atoms with Crippen LogP contribution in [0, 0.1) is 0 Å². The van der Waals surface area contributed by atoms with Gasteiger partial charge < -0.3 is 9.64 Å². The third kappa shape index (κ3) is 7.67. The Labute approximate surface area is 159 Å². The molecule has 2 heterocycles. The highest BCUT2D eigenvalue weighted by molar-refractivity contribution is 7.85. The van der Waals surface area contributed by atoms with Crippen LogP contribution in [0.15, 0.2) is 12.1 Å². The number of ether oxygens (including phenoxy) is 1. The summed E-state index contributed by atoms with van der Waals surface area (Å²) in [6.45, 7) is 5.98. The van der Waals surface area contributed by atoms with Gasteiger partial charge in [0.25, 0.3) is 10.1 Å². The summed E-state index contributed by atoms with van der Waals surface area (Å²) in [5, 5.41) is 2.55. The topological polar surface area (TPSA) is 97.8 Å². The predicted molar refractivity (Wildman–Crippen MR) is 100 cm³/mol. The first-order chi connectivity index (χ1) is 12.4. The van der Waals surface area contributed by atoms with Crippen molar-refractivity contribution in [2.45, 2.75) is 52.0 Å². The molecule has 1 aromatic rings. The number of aromatic nitrogens is 1. The molecule has 1 N–H and O–H groups in total. The van der Waals surface area contributed by atoms with Crippen molar-refractivity contribution in [3.8, 4) is 0 Å². The number of nitrogens with one attached hydrogen (secondary N) is 1. The summed E-state index contributed by atoms with van der Waals surface area (Å²) < 4.78 is 45.9. The molecule has 2 rings (SSSR count). The van der Waals surface area contributed by atoms with Crippen molar-refractivity contribution in [2.24, 2.45) is 0 Å². The van der Waals surface area contributed by atoms with Gasteiger partial charge in [-0.25, -0.2) is 14.2 Å². The van der Waals surface area contributed by atoms with E-state index in [1.165, 1.54) is 0 Å². The van der Waals surface area contributed by atoms with Crippen LogP contribution in [0.1, 0.15) is 39.3 Å². The molecule has 1 aliphatic heterocycles. The Bertz CT molecular complexity index is 771. The van der Waals surface area contributed by atoms with Crippen LogP contribution in [0.3, 0.4) is 0 Å². The van der Waals surface area contributed by atoms with Crippen molar-refractivity contribution in [3.63, 3.8) is 0 Å². The van der Waals surface area contributed by atoms with Gasteiger partial charge in [0.15, 0.2) is 0 Å². The summed E-state index contributed by atoms with van der Waals surface area (Å²) in [5.41, 5.74) is 0.355. The Hall–Kier alpha value is -1.94. The monoisotopic (exact) mass is 403 g/mol. The van der Waals surface area contributed by atoms with Gasteiger partial charge in [-0.1, -0.05) is 0 Å². The van der Waals surface area contributed by atoms with E-state index in [-0.39, 0.29) is 12.4 Å². The quantitative estimate of drug-likeness (QED) is 0.755. The third-order valence-electron chi connectivity index (χ3n) is 3.70. The molecule has 1 amide bonds. The number of hydrogen-bond donors (Lipinski definition) is 1. The van der Waals surface area contributed by atoms with Crippen molar-refractivity contribution >= 4 is 27.7 Å².